The van der Waals surface area contributed by atoms with Crippen molar-refractivity contribution in [2.45, 2.75) is 46.1 Å². The first kappa shape index (κ1) is 12.5. The summed E-state index contributed by atoms with van der Waals surface area (Å²) in [5.41, 5.74) is 0. The molecule has 88 valence electrons. The van der Waals surface area contributed by atoms with Crippen molar-refractivity contribution >= 4 is 5.91 Å². The largest absolute Gasteiger partial charge is 0.369 e. The topological polar surface area (TPSA) is 38.3 Å². The van der Waals surface area contributed by atoms with Crippen LogP contribution in [0.25, 0.3) is 0 Å². The van der Waals surface area contributed by atoms with Gasteiger partial charge in [-0.3, -0.25) is 4.79 Å². The molecule has 0 aromatic carbocycles. The Bertz CT molecular complexity index is 204. The summed E-state index contributed by atoms with van der Waals surface area (Å²) in [6.45, 7) is 7.16. The van der Waals surface area contributed by atoms with E-state index in [9.17, 15) is 4.79 Å². The molecule has 1 N–H and O–H groups in total. The maximum absolute atomic E-state index is 11.4. The smallest absolute Gasteiger partial charge is 0.246 e. The lowest BCUT2D eigenvalue weighted by Crippen LogP contribution is -2.33. The van der Waals surface area contributed by atoms with E-state index in [1.165, 1.54) is 19.3 Å². The van der Waals surface area contributed by atoms with Gasteiger partial charge in [-0.2, -0.15) is 0 Å². The average Bonchev–Trinajstić information content (AvgIpc) is 2.58. The van der Waals surface area contributed by atoms with E-state index < -0.39 is 0 Å². The van der Waals surface area contributed by atoms with Crippen LogP contribution in [0.5, 0.6) is 0 Å². The third-order valence-corrected chi connectivity index (χ3v) is 3.15. The van der Waals surface area contributed by atoms with Gasteiger partial charge in [-0.1, -0.05) is 19.8 Å². The molecule has 1 fully saturated rings. The number of rotatable bonds is 5. The molecule has 0 aliphatic heterocycles. The third-order valence-electron chi connectivity index (χ3n) is 3.15. The first-order valence-corrected chi connectivity index (χ1v) is 5.98. The van der Waals surface area contributed by atoms with E-state index in [1.54, 1.807) is 0 Å². The molecule has 1 amide bonds. The second-order valence-corrected chi connectivity index (χ2v) is 4.83. The highest BCUT2D eigenvalue weighted by Gasteiger charge is 2.23. The molecule has 3 nitrogen and oxygen atoms in total. The number of carbonyl (C=O) groups is 1. The second kappa shape index (κ2) is 6.11. The standard InChI is InChI=1S/C12H23NO2/c1-9(2)15-8-12(14)13-7-11-6-4-5-10(11)3/h9-11H,4-8H2,1-3H3,(H,13,14). The molecule has 0 bridgehead atoms. The molecule has 0 aromatic rings. The minimum absolute atomic E-state index is 0.0165. The van der Waals surface area contributed by atoms with Gasteiger partial charge in [-0.15, -0.1) is 0 Å². The van der Waals surface area contributed by atoms with Crippen molar-refractivity contribution in [2.24, 2.45) is 11.8 Å². The molecule has 15 heavy (non-hydrogen) atoms. The Hall–Kier alpha value is -0.570. The van der Waals surface area contributed by atoms with Crippen LogP contribution in [0.2, 0.25) is 0 Å². The van der Waals surface area contributed by atoms with Crippen LogP contribution >= 0.6 is 0 Å². The SMILES string of the molecule is CC(C)OCC(=O)NCC1CCCC1C. The average molecular weight is 213 g/mol. The Kier molecular flexibility index (Phi) is 5.09. The number of ether oxygens (including phenoxy) is 1. The Morgan fingerprint density at radius 1 is 1.47 bits per heavy atom. The van der Waals surface area contributed by atoms with Gasteiger partial charge >= 0.3 is 0 Å². The van der Waals surface area contributed by atoms with Gasteiger partial charge in [0.1, 0.15) is 6.61 Å². The van der Waals surface area contributed by atoms with Crippen molar-refractivity contribution in [2.75, 3.05) is 13.2 Å². The molecule has 1 aliphatic carbocycles. The molecule has 0 saturated heterocycles. The van der Waals surface area contributed by atoms with Crippen LogP contribution in [0.1, 0.15) is 40.0 Å². The maximum atomic E-state index is 11.4. The van der Waals surface area contributed by atoms with Crippen LogP contribution in [0.3, 0.4) is 0 Å². The van der Waals surface area contributed by atoms with E-state index in [0.717, 1.165) is 12.5 Å². The Labute approximate surface area is 92.6 Å². The quantitative estimate of drug-likeness (QED) is 0.758. The summed E-state index contributed by atoms with van der Waals surface area (Å²) in [4.78, 5) is 11.4. The molecule has 1 aliphatic rings. The summed E-state index contributed by atoms with van der Waals surface area (Å²) in [5, 5.41) is 2.95. The van der Waals surface area contributed by atoms with E-state index in [-0.39, 0.29) is 18.6 Å². The van der Waals surface area contributed by atoms with E-state index in [2.05, 4.69) is 12.2 Å². The number of carbonyl (C=O) groups excluding carboxylic acids is 1. The number of nitrogens with one attached hydrogen (secondary N) is 1. The molecule has 0 spiro atoms. The fraction of sp³-hybridized carbons (Fsp3) is 0.917. The highest BCUT2D eigenvalue weighted by atomic mass is 16.5. The summed E-state index contributed by atoms with van der Waals surface area (Å²) in [6.07, 6.45) is 4.00. The van der Waals surface area contributed by atoms with Crippen LogP contribution in [0, 0.1) is 11.8 Å². The molecular weight excluding hydrogens is 190 g/mol. The molecule has 0 radical (unpaired) electrons. The lowest BCUT2D eigenvalue weighted by molar-refractivity contribution is -0.127. The highest BCUT2D eigenvalue weighted by Crippen LogP contribution is 2.30. The number of hydrogen-bond acceptors (Lipinski definition) is 2. The monoisotopic (exact) mass is 213 g/mol. The predicted molar refractivity (Wildman–Crippen MR) is 60.6 cm³/mol. The van der Waals surface area contributed by atoms with E-state index >= 15 is 0 Å². The highest BCUT2D eigenvalue weighted by molar-refractivity contribution is 5.77. The van der Waals surface area contributed by atoms with E-state index in [4.69, 9.17) is 4.74 Å². The van der Waals surface area contributed by atoms with Crippen molar-refractivity contribution in [3.8, 4) is 0 Å². The van der Waals surface area contributed by atoms with Crippen LogP contribution in [-0.4, -0.2) is 25.2 Å². The van der Waals surface area contributed by atoms with E-state index in [1.807, 2.05) is 13.8 Å². The van der Waals surface area contributed by atoms with Gasteiger partial charge in [0.25, 0.3) is 0 Å². The minimum Gasteiger partial charge on any atom is -0.369 e. The molecule has 3 heteroatoms. The van der Waals surface area contributed by atoms with Crippen LogP contribution in [-0.2, 0) is 9.53 Å². The first-order chi connectivity index (χ1) is 7.09. The number of amides is 1. The van der Waals surface area contributed by atoms with Gasteiger partial charge < -0.3 is 10.1 Å². The van der Waals surface area contributed by atoms with Crippen molar-refractivity contribution < 1.29 is 9.53 Å². The van der Waals surface area contributed by atoms with Crippen molar-refractivity contribution in [3.05, 3.63) is 0 Å². The zero-order chi connectivity index (χ0) is 11.3. The van der Waals surface area contributed by atoms with Gasteiger partial charge in [0.05, 0.1) is 6.10 Å². The first-order valence-electron chi connectivity index (χ1n) is 5.98. The molecule has 0 aromatic heterocycles. The normalized spacial score (nSPS) is 25.9. The molecular formula is C12H23NO2. The van der Waals surface area contributed by atoms with Gasteiger partial charge in [0.2, 0.25) is 5.91 Å². The summed E-state index contributed by atoms with van der Waals surface area (Å²) in [7, 11) is 0. The minimum atomic E-state index is 0.0165. The zero-order valence-electron chi connectivity index (χ0n) is 10.1. The maximum Gasteiger partial charge on any atom is 0.246 e. The van der Waals surface area contributed by atoms with Gasteiger partial charge in [0, 0.05) is 6.54 Å². The summed E-state index contributed by atoms with van der Waals surface area (Å²) in [5.74, 6) is 1.45. The molecule has 1 saturated carbocycles. The fourth-order valence-corrected chi connectivity index (χ4v) is 2.06. The Morgan fingerprint density at radius 2 is 2.20 bits per heavy atom. The predicted octanol–water partition coefficient (Wildman–Crippen LogP) is 1.96. The summed E-state index contributed by atoms with van der Waals surface area (Å²) < 4.78 is 5.23. The van der Waals surface area contributed by atoms with E-state index in [0.29, 0.717) is 5.92 Å². The molecule has 0 heterocycles. The van der Waals surface area contributed by atoms with Gasteiger partial charge in [-0.25, -0.2) is 0 Å². The van der Waals surface area contributed by atoms with Gasteiger partial charge in [0.15, 0.2) is 0 Å². The van der Waals surface area contributed by atoms with Crippen LogP contribution in [0.4, 0.5) is 0 Å². The lowest BCUT2D eigenvalue weighted by atomic mass is 9.98. The third kappa shape index (κ3) is 4.65. The molecule has 1 rings (SSSR count). The number of hydrogen-bond donors (Lipinski definition) is 1. The zero-order valence-corrected chi connectivity index (χ0v) is 10.1. The second-order valence-electron chi connectivity index (χ2n) is 4.83. The van der Waals surface area contributed by atoms with Crippen molar-refractivity contribution in [1.82, 2.24) is 5.32 Å². The summed E-state index contributed by atoms with van der Waals surface area (Å²) >= 11 is 0. The van der Waals surface area contributed by atoms with Gasteiger partial charge in [-0.05, 0) is 32.1 Å². The molecule has 2 unspecified atom stereocenters. The summed E-state index contributed by atoms with van der Waals surface area (Å²) in [6, 6.07) is 0. The Balaban J connectivity index is 2.11. The van der Waals surface area contributed by atoms with Crippen LogP contribution in [0.15, 0.2) is 0 Å². The lowest BCUT2D eigenvalue weighted by Gasteiger charge is -2.16. The van der Waals surface area contributed by atoms with Crippen molar-refractivity contribution in [3.63, 3.8) is 0 Å². The molecule has 2 atom stereocenters. The fourth-order valence-electron chi connectivity index (χ4n) is 2.06. The van der Waals surface area contributed by atoms with Crippen LogP contribution < -0.4 is 5.32 Å². The van der Waals surface area contributed by atoms with Crippen molar-refractivity contribution in [1.29, 1.82) is 0 Å². The Morgan fingerprint density at radius 3 is 2.73 bits per heavy atom.